The Morgan fingerprint density at radius 3 is 2.58 bits per heavy atom. The van der Waals surface area contributed by atoms with Crippen molar-refractivity contribution in [2.75, 3.05) is 11.9 Å². The van der Waals surface area contributed by atoms with Gasteiger partial charge in [0, 0.05) is 17.3 Å². The molecule has 0 heterocycles. The molecule has 0 aliphatic heterocycles. The minimum absolute atomic E-state index is 0. The summed E-state index contributed by atoms with van der Waals surface area (Å²) in [5, 5.41) is 14.1. The summed E-state index contributed by atoms with van der Waals surface area (Å²) >= 11 is 6.08. The maximum Gasteiger partial charge on any atom is 0.173 e. The molecule has 2 rings (SSSR count). The van der Waals surface area contributed by atoms with Gasteiger partial charge in [-0.2, -0.15) is 0 Å². The van der Waals surface area contributed by atoms with Gasteiger partial charge >= 0.3 is 0 Å². The van der Waals surface area contributed by atoms with E-state index in [1.807, 2.05) is 55.5 Å². The molecule has 2 aromatic carbocycles. The standard InChI is InChI=1S/C18H23ClN2O2.ClH/c1-13-15(19)9-5-10-16(13)21-12-6-11-17(22)18(20)23-14-7-3-2-4-8-14;/h2-5,7-10,17-18,21-22H,6,11-12,20H2,1H3;1H. The zero-order valence-corrected chi connectivity index (χ0v) is 15.2. The van der Waals surface area contributed by atoms with Crippen LogP contribution >= 0.6 is 24.0 Å². The van der Waals surface area contributed by atoms with E-state index < -0.39 is 12.3 Å². The van der Waals surface area contributed by atoms with Crippen LogP contribution in [0.2, 0.25) is 5.02 Å². The first kappa shape index (κ1) is 20.6. The Morgan fingerprint density at radius 1 is 1.17 bits per heavy atom. The van der Waals surface area contributed by atoms with Crippen LogP contribution in [-0.4, -0.2) is 24.0 Å². The topological polar surface area (TPSA) is 67.5 Å². The predicted molar refractivity (Wildman–Crippen MR) is 102 cm³/mol. The summed E-state index contributed by atoms with van der Waals surface area (Å²) in [6, 6.07) is 15.0. The van der Waals surface area contributed by atoms with Gasteiger partial charge in [-0.05, 0) is 49.6 Å². The molecule has 0 aliphatic rings. The molecule has 0 aromatic heterocycles. The van der Waals surface area contributed by atoms with Gasteiger partial charge in [0.1, 0.15) is 11.9 Å². The fourth-order valence-electron chi connectivity index (χ4n) is 2.23. The monoisotopic (exact) mass is 370 g/mol. The highest BCUT2D eigenvalue weighted by molar-refractivity contribution is 6.31. The molecule has 0 spiro atoms. The minimum atomic E-state index is -0.731. The van der Waals surface area contributed by atoms with Crippen molar-refractivity contribution in [3.8, 4) is 5.75 Å². The lowest BCUT2D eigenvalue weighted by molar-refractivity contribution is 0.0340. The number of hydrogen-bond donors (Lipinski definition) is 3. The number of halogens is 2. The van der Waals surface area contributed by atoms with Crippen molar-refractivity contribution in [2.45, 2.75) is 32.1 Å². The molecule has 0 saturated carbocycles. The molecule has 0 aliphatic carbocycles. The number of nitrogens with two attached hydrogens (primary N) is 1. The third-order valence-electron chi connectivity index (χ3n) is 3.65. The Kier molecular flexibility index (Phi) is 8.93. The van der Waals surface area contributed by atoms with E-state index in [1.54, 1.807) is 0 Å². The molecule has 0 radical (unpaired) electrons. The second-order valence-corrected chi connectivity index (χ2v) is 5.85. The molecule has 0 saturated heterocycles. The Labute approximate surface area is 154 Å². The number of rotatable bonds is 8. The average molecular weight is 371 g/mol. The van der Waals surface area contributed by atoms with Crippen LogP contribution < -0.4 is 15.8 Å². The molecule has 2 aromatic rings. The number of aliphatic hydroxyl groups is 1. The van der Waals surface area contributed by atoms with Crippen LogP contribution in [0.25, 0.3) is 0 Å². The largest absolute Gasteiger partial charge is 0.473 e. The highest BCUT2D eigenvalue weighted by atomic mass is 35.5. The zero-order valence-electron chi connectivity index (χ0n) is 13.6. The van der Waals surface area contributed by atoms with E-state index in [0.717, 1.165) is 29.2 Å². The Hall–Kier alpha value is -1.46. The van der Waals surface area contributed by atoms with Crippen LogP contribution in [0.5, 0.6) is 5.75 Å². The number of para-hydroxylation sites is 1. The second-order valence-electron chi connectivity index (χ2n) is 5.44. The Morgan fingerprint density at radius 2 is 1.88 bits per heavy atom. The quantitative estimate of drug-likeness (QED) is 0.485. The molecule has 24 heavy (non-hydrogen) atoms. The van der Waals surface area contributed by atoms with Gasteiger partial charge in [0.25, 0.3) is 0 Å². The smallest absolute Gasteiger partial charge is 0.173 e. The third kappa shape index (κ3) is 6.21. The van der Waals surface area contributed by atoms with Crippen LogP contribution in [0.1, 0.15) is 18.4 Å². The van der Waals surface area contributed by atoms with Crippen molar-refractivity contribution in [3.05, 3.63) is 59.1 Å². The van der Waals surface area contributed by atoms with E-state index in [9.17, 15) is 5.11 Å². The first-order valence-corrected chi connectivity index (χ1v) is 8.10. The summed E-state index contributed by atoms with van der Waals surface area (Å²) in [5.41, 5.74) is 7.91. The van der Waals surface area contributed by atoms with Gasteiger partial charge in [0.2, 0.25) is 0 Å². The van der Waals surface area contributed by atoms with E-state index >= 15 is 0 Å². The highest BCUT2D eigenvalue weighted by Crippen LogP contribution is 2.23. The van der Waals surface area contributed by atoms with Crippen molar-refractivity contribution in [3.63, 3.8) is 0 Å². The molecule has 4 nitrogen and oxygen atoms in total. The first-order valence-electron chi connectivity index (χ1n) is 7.72. The summed E-state index contributed by atoms with van der Waals surface area (Å²) in [5.74, 6) is 0.659. The van der Waals surface area contributed by atoms with E-state index in [-0.39, 0.29) is 12.4 Å². The lowest BCUT2D eigenvalue weighted by Gasteiger charge is -2.20. The van der Waals surface area contributed by atoms with Gasteiger partial charge in [0.15, 0.2) is 6.23 Å². The normalized spacial score (nSPS) is 12.8. The number of benzene rings is 2. The average Bonchev–Trinajstić information content (AvgIpc) is 2.56. The molecular formula is C18H24Cl2N2O2. The lowest BCUT2D eigenvalue weighted by Crippen LogP contribution is -2.40. The van der Waals surface area contributed by atoms with E-state index in [4.69, 9.17) is 22.1 Å². The summed E-state index contributed by atoms with van der Waals surface area (Å²) in [7, 11) is 0. The van der Waals surface area contributed by atoms with Crippen LogP contribution in [-0.2, 0) is 0 Å². The molecule has 6 heteroatoms. The van der Waals surface area contributed by atoms with E-state index in [2.05, 4.69) is 5.32 Å². The van der Waals surface area contributed by atoms with Crippen molar-refractivity contribution in [2.24, 2.45) is 5.73 Å². The molecule has 0 fully saturated rings. The summed E-state index contributed by atoms with van der Waals surface area (Å²) < 4.78 is 5.52. The number of anilines is 1. The van der Waals surface area contributed by atoms with Crippen molar-refractivity contribution in [1.82, 2.24) is 0 Å². The Bertz CT molecular complexity index is 611. The van der Waals surface area contributed by atoms with Crippen LogP contribution in [0.3, 0.4) is 0 Å². The number of ether oxygens (including phenoxy) is 1. The second kappa shape index (κ2) is 10.4. The third-order valence-corrected chi connectivity index (χ3v) is 4.06. The molecule has 0 bridgehead atoms. The minimum Gasteiger partial charge on any atom is -0.473 e. The number of hydrogen-bond acceptors (Lipinski definition) is 4. The molecular weight excluding hydrogens is 347 g/mol. The number of aliphatic hydroxyl groups excluding tert-OH is 1. The Balaban J connectivity index is 0.00000288. The summed E-state index contributed by atoms with van der Waals surface area (Å²) in [6.45, 7) is 2.71. The molecule has 132 valence electrons. The maximum atomic E-state index is 10.1. The lowest BCUT2D eigenvalue weighted by atomic mass is 10.1. The SMILES string of the molecule is Cc1c(Cl)cccc1NCCCC(O)C(N)Oc1ccccc1.Cl. The van der Waals surface area contributed by atoms with Gasteiger partial charge < -0.3 is 15.2 Å². The predicted octanol–water partition coefficient (Wildman–Crippen LogP) is 3.99. The molecule has 0 amide bonds. The summed E-state index contributed by atoms with van der Waals surface area (Å²) in [4.78, 5) is 0. The number of nitrogens with one attached hydrogen (secondary N) is 1. The van der Waals surface area contributed by atoms with Crippen LogP contribution in [0, 0.1) is 6.92 Å². The first-order chi connectivity index (χ1) is 11.1. The maximum absolute atomic E-state index is 10.1. The summed E-state index contributed by atoms with van der Waals surface area (Å²) in [6.07, 6.45) is -0.109. The fourth-order valence-corrected chi connectivity index (χ4v) is 2.41. The molecule has 4 N–H and O–H groups in total. The van der Waals surface area contributed by atoms with Gasteiger partial charge in [-0.1, -0.05) is 35.9 Å². The molecule has 2 unspecified atom stereocenters. The van der Waals surface area contributed by atoms with Crippen LogP contribution in [0.15, 0.2) is 48.5 Å². The van der Waals surface area contributed by atoms with Crippen molar-refractivity contribution < 1.29 is 9.84 Å². The molecule has 2 atom stereocenters. The van der Waals surface area contributed by atoms with Gasteiger partial charge in [0.05, 0.1) is 0 Å². The van der Waals surface area contributed by atoms with E-state index in [1.165, 1.54) is 0 Å². The fraction of sp³-hybridized carbons (Fsp3) is 0.333. The zero-order chi connectivity index (χ0) is 16.7. The highest BCUT2D eigenvalue weighted by Gasteiger charge is 2.16. The van der Waals surface area contributed by atoms with Crippen molar-refractivity contribution >= 4 is 29.7 Å². The van der Waals surface area contributed by atoms with Gasteiger partial charge in [-0.3, -0.25) is 5.73 Å². The van der Waals surface area contributed by atoms with Crippen molar-refractivity contribution in [1.29, 1.82) is 0 Å². The van der Waals surface area contributed by atoms with E-state index in [0.29, 0.717) is 12.2 Å². The van der Waals surface area contributed by atoms with Gasteiger partial charge in [-0.25, -0.2) is 0 Å². The van der Waals surface area contributed by atoms with Gasteiger partial charge in [-0.15, -0.1) is 12.4 Å². The van der Waals surface area contributed by atoms with Crippen LogP contribution in [0.4, 0.5) is 5.69 Å².